The number of nitrogens with zero attached hydrogens (tertiary/aromatic N) is 1. The van der Waals surface area contributed by atoms with Crippen LogP contribution < -0.4 is 5.32 Å². The molecule has 0 aliphatic carbocycles. The Morgan fingerprint density at radius 1 is 1.23 bits per heavy atom. The maximum absolute atomic E-state index is 3.60. The van der Waals surface area contributed by atoms with E-state index in [1.807, 2.05) is 0 Å². The normalized spacial score (nSPS) is 14.1. The first-order chi connectivity index (χ1) is 6.07. The maximum Gasteiger partial charge on any atom is 0.00874 e. The van der Waals surface area contributed by atoms with E-state index in [4.69, 9.17) is 0 Å². The molecule has 0 amide bonds. The van der Waals surface area contributed by atoms with Gasteiger partial charge < -0.3 is 10.2 Å². The largest absolute Gasteiger partial charge is 0.314 e. The molecule has 0 radical (unpaired) electrons. The molecule has 0 aromatic carbocycles. The summed E-state index contributed by atoms with van der Waals surface area (Å²) in [5, 5.41) is 3.60. The minimum absolute atomic E-state index is 0.696. The van der Waals surface area contributed by atoms with E-state index in [2.05, 4.69) is 45.1 Å². The summed E-state index contributed by atoms with van der Waals surface area (Å²) >= 11 is 0. The van der Waals surface area contributed by atoms with Gasteiger partial charge in [0.25, 0.3) is 0 Å². The zero-order chi connectivity index (χ0) is 10.3. The van der Waals surface area contributed by atoms with Crippen molar-refractivity contribution >= 4 is 0 Å². The monoisotopic (exact) mass is 186 g/mol. The van der Waals surface area contributed by atoms with Crippen LogP contribution in [0.25, 0.3) is 0 Å². The number of hydrogen-bond acceptors (Lipinski definition) is 2. The lowest BCUT2D eigenvalue weighted by Crippen LogP contribution is -2.34. The van der Waals surface area contributed by atoms with Gasteiger partial charge in [-0.05, 0) is 45.9 Å². The summed E-state index contributed by atoms with van der Waals surface area (Å²) < 4.78 is 0. The molecular weight excluding hydrogens is 160 g/mol. The molecule has 0 bridgehead atoms. The van der Waals surface area contributed by atoms with Crippen molar-refractivity contribution < 1.29 is 0 Å². The van der Waals surface area contributed by atoms with E-state index < -0.39 is 0 Å². The maximum atomic E-state index is 3.60. The molecule has 0 aromatic heterocycles. The predicted octanol–water partition coefficient (Wildman–Crippen LogP) is 1.96. The molecule has 2 heteroatoms. The van der Waals surface area contributed by atoms with Gasteiger partial charge in [0.1, 0.15) is 0 Å². The SMILES string of the molecule is CC[C@H](NCCCN(C)C)C(C)C. The average Bonchev–Trinajstić information content (AvgIpc) is 2.03. The number of nitrogens with one attached hydrogen (secondary N) is 1. The van der Waals surface area contributed by atoms with Gasteiger partial charge >= 0.3 is 0 Å². The summed E-state index contributed by atoms with van der Waals surface area (Å²) in [6.07, 6.45) is 2.48. The van der Waals surface area contributed by atoms with Gasteiger partial charge in [-0.1, -0.05) is 20.8 Å². The molecule has 1 N–H and O–H groups in total. The molecule has 0 aromatic rings. The van der Waals surface area contributed by atoms with Gasteiger partial charge in [-0.25, -0.2) is 0 Å². The second-order valence-corrected chi connectivity index (χ2v) is 4.37. The Morgan fingerprint density at radius 3 is 2.23 bits per heavy atom. The topological polar surface area (TPSA) is 15.3 Å². The first-order valence-corrected chi connectivity index (χ1v) is 5.46. The smallest absolute Gasteiger partial charge is 0.00874 e. The van der Waals surface area contributed by atoms with Gasteiger partial charge in [-0.3, -0.25) is 0 Å². The molecule has 0 rings (SSSR count). The zero-order valence-corrected chi connectivity index (χ0v) is 9.93. The first kappa shape index (κ1) is 12.9. The van der Waals surface area contributed by atoms with Crippen LogP contribution in [0.5, 0.6) is 0 Å². The molecule has 80 valence electrons. The summed E-state index contributed by atoms with van der Waals surface area (Å²) in [5.74, 6) is 0.754. The van der Waals surface area contributed by atoms with Crippen LogP contribution in [0.15, 0.2) is 0 Å². The predicted molar refractivity (Wildman–Crippen MR) is 60.1 cm³/mol. The highest BCUT2D eigenvalue weighted by atomic mass is 15.1. The molecule has 0 spiro atoms. The van der Waals surface area contributed by atoms with Gasteiger partial charge in [-0.15, -0.1) is 0 Å². The van der Waals surface area contributed by atoms with Crippen molar-refractivity contribution in [2.45, 2.75) is 39.7 Å². The minimum atomic E-state index is 0.696. The summed E-state index contributed by atoms with van der Waals surface area (Å²) in [6.45, 7) is 9.15. The molecule has 0 fully saturated rings. The summed E-state index contributed by atoms with van der Waals surface area (Å²) in [6, 6.07) is 0.696. The van der Waals surface area contributed by atoms with Crippen LogP contribution in [0.1, 0.15) is 33.6 Å². The van der Waals surface area contributed by atoms with E-state index in [1.54, 1.807) is 0 Å². The van der Waals surface area contributed by atoms with Crippen LogP contribution in [0.2, 0.25) is 0 Å². The van der Waals surface area contributed by atoms with Gasteiger partial charge in [0.05, 0.1) is 0 Å². The Bertz CT molecular complexity index is 111. The Kier molecular flexibility index (Phi) is 7.29. The van der Waals surface area contributed by atoms with Crippen molar-refractivity contribution in [2.24, 2.45) is 5.92 Å². The van der Waals surface area contributed by atoms with E-state index >= 15 is 0 Å². The van der Waals surface area contributed by atoms with Gasteiger partial charge in [-0.2, -0.15) is 0 Å². The molecule has 1 atom stereocenters. The fourth-order valence-corrected chi connectivity index (χ4v) is 1.53. The van der Waals surface area contributed by atoms with Gasteiger partial charge in [0.2, 0.25) is 0 Å². The summed E-state index contributed by atoms with van der Waals surface area (Å²) in [5.41, 5.74) is 0. The van der Waals surface area contributed by atoms with Crippen LogP contribution in [0, 0.1) is 5.92 Å². The van der Waals surface area contributed by atoms with E-state index in [0.717, 1.165) is 12.5 Å². The third-order valence-corrected chi connectivity index (χ3v) is 2.43. The lowest BCUT2D eigenvalue weighted by Gasteiger charge is -2.21. The Morgan fingerprint density at radius 2 is 1.85 bits per heavy atom. The second-order valence-electron chi connectivity index (χ2n) is 4.37. The molecule has 0 heterocycles. The van der Waals surface area contributed by atoms with Crippen molar-refractivity contribution in [1.29, 1.82) is 0 Å². The minimum Gasteiger partial charge on any atom is -0.314 e. The summed E-state index contributed by atoms with van der Waals surface area (Å²) in [7, 11) is 4.25. The standard InChI is InChI=1S/C11H26N2/c1-6-11(10(2)3)12-8-7-9-13(4)5/h10-12H,6-9H2,1-5H3/t11-/m0/s1. The highest BCUT2D eigenvalue weighted by Gasteiger charge is 2.08. The molecular formula is C11H26N2. The number of hydrogen-bond donors (Lipinski definition) is 1. The molecule has 2 nitrogen and oxygen atoms in total. The van der Waals surface area contributed by atoms with Crippen LogP contribution in [0.3, 0.4) is 0 Å². The second kappa shape index (κ2) is 7.34. The fourth-order valence-electron chi connectivity index (χ4n) is 1.53. The fraction of sp³-hybridized carbons (Fsp3) is 1.00. The highest BCUT2D eigenvalue weighted by Crippen LogP contribution is 2.04. The van der Waals surface area contributed by atoms with Gasteiger partial charge in [0, 0.05) is 6.04 Å². The van der Waals surface area contributed by atoms with Crippen molar-refractivity contribution in [3.8, 4) is 0 Å². The molecule has 0 aliphatic rings. The average molecular weight is 186 g/mol. The summed E-state index contributed by atoms with van der Waals surface area (Å²) in [4.78, 5) is 2.23. The van der Waals surface area contributed by atoms with Crippen molar-refractivity contribution in [1.82, 2.24) is 10.2 Å². The van der Waals surface area contributed by atoms with Crippen molar-refractivity contribution in [3.63, 3.8) is 0 Å². The first-order valence-electron chi connectivity index (χ1n) is 5.46. The molecule has 0 aliphatic heterocycles. The highest BCUT2D eigenvalue weighted by molar-refractivity contribution is 4.68. The third-order valence-electron chi connectivity index (χ3n) is 2.43. The van der Waals surface area contributed by atoms with Crippen LogP contribution >= 0.6 is 0 Å². The molecule has 0 saturated carbocycles. The van der Waals surface area contributed by atoms with Gasteiger partial charge in [0.15, 0.2) is 0 Å². The van der Waals surface area contributed by atoms with E-state index in [1.165, 1.54) is 19.4 Å². The lowest BCUT2D eigenvalue weighted by molar-refractivity contribution is 0.355. The van der Waals surface area contributed by atoms with Crippen LogP contribution in [-0.4, -0.2) is 38.1 Å². The Hall–Kier alpha value is -0.0800. The van der Waals surface area contributed by atoms with E-state index in [0.29, 0.717) is 6.04 Å². The lowest BCUT2D eigenvalue weighted by atomic mass is 10.0. The Labute approximate surface area is 83.7 Å². The van der Waals surface area contributed by atoms with E-state index in [-0.39, 0.29) is 0 Å². The van der Waals surface area contributed by atoms with Crippen molar-refractivity contribution in [3.05, 3.63) is 0 Å². The van der Waals surface area contributed by atoms with Crippen LogP contribution in [-0.2, 0) is 0 Å². The van der Waals surface area contributed by atoms with E-state index in [9.17, 15) is 0 Å². The molecule has 0 unspecified atom stereocenters. The van der Waals surface area contributed by atoms with Crippen molar-refractivity contribution in [2.75, 3.05) is 27.2 Å². The van der Waals surface area contributed by atoms with Crippen LogP contribution in [0.4, 0.5) is 0 Å². The molecule has 13 heavy (non-hydrogen) atoms. The number of rotatable bonds is 7. The zero-order valence-electron chi connectivity index (χ0n) is 9.93. The quantitative estimate of drug-likeness (QED) is 0.612. The molecule has 0 saturated heterocycles. The Balaban J connectivity index is 3.39. The third kappa shape index (κ3) is 7.03.